The third kappa shape index (κ3) is 2.53. The van der Waals surface area contributed by atoms with Gasteiger partial charge in [-0.2, -0.15) is 0 Å². The van der Waals surface area contributed by atoms with Crippen LogP contribution in [0.5, 0.6) is 0 Å². The summed E-state index contributed by atoms with van der Waals surface area (Å²) in [6.45, 7) is -0.106. The van der Waals surface area contributed by atoms with Gasteiger partial charge in [0, 0.05) is 19.6 Å². The minimum Gasteiger partial charge on any atom is -0.394 e. The Kier molecular flexibility index (Phi) is 4.54. The Morgan fingerprint density at radius 1 is 1.28 bits per heavy atom. The molecule has 0 aromatic carbocycles. The van der Waals surface area contributed by atoms with Gasteiger partial charge >= 0.3 is 0 Å². The summed E-state index contributed by atoms with van der Waals surface area (Å²) in [6.07, 6.45) is -3.81. The maximum Gasteiger partial charge on any atom is 0.173 e. The third-order valence-electron chi connectivity index (χ3n) is 3.82. The van der Waals surface area contributed by atoms with Gasteiger partial charge in [0.1, 0.15) is 6.10 Å². The van der Waals surface area contributed by atoms with Crippen molar-refractivity contribution in [1.82, 2.24) is 5.32 Å². The van der Waals surface area contributed by atoms with Crippen LogP contribution in [0.3, 0.4) is 0 Å². The van der Waals surface area contributed by atoms with Crippen LogP contribution in [0.2, 0.25) is 0 Å². The summed E-state index contributed by atoms with van der Waals surface area (Å²) in [6, 6.07) is -0.320. The normalized spacial score (nSPS) is 49.5. The Balaban J connectivity index is 2.18. The van der Waals surface area contributed by atoms with Gasteiger partial charge in [-0.1, -0.05) is 0 Å². The number of hydrogen-bond acceptors (Lipinski definition) is 7. The van der Waals surface area contributed by atoms with Crippen molar-refractivity contribution in [2.75, 3.05) is 20.3 Å². The van der Waals surface area contributed by atoms with E-state index in [1.807, 2.05) is 0 Å². The van der Waals surface area contributed by atoms with E-state index in [9.17, 15) is 20.4 Å². The molecule has 7 nitrogen and oxygen atoms in total. The fraction of sp³-hybridized carbons (Fsp3) is 1.00. The molecule has 7 heteroatoms. The lowest BCUT2D eigenvalue weighted by Gasteiger charge is -2.43. The van der Waals surface area contributed by atoms with Crippen molar-refractivity contribution < 1.29 is 29.9 Å². The lowest BCUT2D eigenvalue weighted by Crippen LogP contribution is -2.60. The summed E-state index contributed by atoms with van der Waals surface area (Å²) in [5.41, 5.74) is 0. The molecular weight excluding hydrogens is 242 g/mol. The van der Waals surface area contributed by atoms with Crippen LogP contribution in [0.15, 0.2) is 0 Å². The second-order valence-electron chi connectivity index (χ2n) is 4.92. The molecule has 2 fully saturated rings. The molecule has 7 atom stereocenters. The van der Waals surface area contributed by atoms with Crippen LogP contribution >= 0.6 is 0 Å². The van der Waals surface area contributed by atoms with Gasteiger partial charge in [0.25, 0.3) is 0 Å². The number of ether oxygens (including phenoxy) is 2. The molecule has 0 saturated carbocycles. The molecule has 0 amide bonds. The first-order valence-electron chi connectivity index (χ1n) is 6.15. The van der Waals surface area contributed by atoms with E-state index in [4.69, 9.17) is 9.47 Å². The summed E-state index contributed by atoms with van der Waals surface area (Å²) in [4.78, 5) is 0. The molecule has 0 aliphatic carbocycles. The van der Waals surface area contributed by atoms with E-state index in [2.05, 4.69) is 5.32 Å². The zero-order chi connectivity index (χ0) is 13.3. The highest BCUT2D eigenvalue weighted by Gasteiger charge is 2.47. The zero-order valence-electron chi connectivity index (χ0n) is 10.3. The number of hydrogen-bond donors (Lipinski definition) is 5. The molecular formula is C11H21NO6. The molecule has 0 radical (unpaired) electrons. The third-order valence-corrected chi connectivity index (χ3v) is 3.82. The van der Waals surface area contributed by atoms with Crippen LogP contribution in [0, 0.1) is 5.92 Å². The van der Waals surface area contributed by atoms with Gasteiger partial charge in [-0.25, -0.2) is 0 Å². The molecule has 18 heavy (non-hydrogen) atoms. The summed E-state index contributed by atoms with van der Waals surface area (Å²) in [7, 11) is 1.48. The van der Waals surface area contributed by atoms with E-state index in [1.54, 1.807) is 0 Å². The predicted molar refractivity (Wildman–Crippen MR) is 60.7 cm³/mol. The van der Waals surface area contributed by atoms with E-state index in [0.717, 1.165) is 0 Å². The molecule has 0 aromatic heterocycles. The van der Waals surface area contributed by atoms with Crippen molar-refractivity contribution in [2.45, 2.75) is 43.2 Å². The lowest BCUT2D eigenvalue weighted by atomic mass is 9.83. The van der Waals surface area contributed by atoms with E-state index in [-0.39, 0.29) is 31.5 Å². The zero-order valence-corrected chi connectivity index (χ0v) is 10.3. The quantitative estimate of drug-likeness (QED) is 0.372. The molecule has 5 N–H and O–H groups in total. The van der Waals surface area contributed by atoms with Gasteiger partial charge in [0.2, 0.25) is 0 Å². The fourth-order valence-electron chi connectivity index (χ4n) is 2.74. The smallest absolute Gasteiger partial charge is 0.173 e. The second-order valence-corrected chi connectivity index (χ2v) is 4.92. The molecule has 2 aliphatic rings. The van der Waals surface area contributed by atoms with Crippen LogP contribution in [0.25, 0.3) is 0 Å². The monoisotopic (exact) mass is 263 g/mol. The van der Waals surface area contributed by atoms with Crippen molar-refractivity contribution in [3.05, 3.63) is 0 Å². The Labute approximate surface area is 105 Å². The number of aliphatic hydroxyl groups is 4. The van der Waals surface area contributed by atoms with Gasteiger partial charge in [-0.15, -0.1) is 0 Å². The standard InChI is InChI=1S/C11H21NO6/c1-17-11-9-5(10(16)8(4-13)18-11)2-6(14)7(15)3-12-9/h5-16H,2-4H2,1H3/t5-,6-,7+,8-,9-,10+,11+/m1/s1. The van der Waals surface area contributed by atoms with Crippen LogP contribution in [0.4, 0.5) is 0 Å². The van der Waals surface area contributed by atoms with E-state index in [1.165, 1.54) is 7.11 Å². The van der Waals surface area contributed by atoms with Gasteiger partial charge in [0.05, 0.1) is 31.0 Å². The molecule has 0 bridgehead atoms. The maximum absolute atomic E-state index is 10.1. The summed E-state index contributed by atoms with van der Waals surface area (Å²) >= 11 is 0. The fourth-order valence-corrected chi connectivity index (χ4v) is 2.74. The largest absolute Gasteiger partial charge is 0.394 e. The highest BCUT2D eigenvalue weighted by molar-refractivity contribution is 4.97. The van der Waals surface area contributed by atoms with E-state index < -0.39 is 30.7 Å². The number of nitrogens with one attached hydrogen (secondary N) is 1. The maximum atomic E-state index is 10.1. The molecule has 106 valence electrons. The van der Waals surface area contributed by atoms with Crippen LogP contribution in [-0.4, -0.2) is 77.4 Å². The average Bonchev–Trinajstić information content (AvgIpc) is 2.52. The van der Waals surface area contributed by atoms with Crippen LogP contribution in [-0.2, 0) is 9.47 Å². The van der Waals surface area contributed by atoms with E-state index in [0.29, 0.717) is 0 Å². The second kappa shape index (κ2) is 5.79. The van der Waals surface area contributed by atoms with Gasteiger partial charge in [-0.3, -0.25) is 0 Å². The highest BCUT2D eigenvalue weighted by atomic mass is 16.7. The molecule has 2 heterocycles. The van der Waals surface area contributed by atoms with Crippen molar-refractivity contribution in [1.29, 1.82) is 0 Å². The molecule has 0 aromatic rings. The Bertz CT molecular complexity index is 278. The first kappa shape index (κ1) is 14.1. The number of fused-ring (bicyclic) bond motifs is 1. The van der Waals surface area contributed by atoms with Gasteiger partial charge in [0.15, 0.2) is 6.29 Å². The van der Waals surface area contributed by atoms with Crippen molar-refractivity contribution in [3.8, 4) is 0 Å². The number of β-amino-alcohol motifs (C(OH)–C–C–N with tert-alkyl or cyclic N) is 1. The Morgan fingerprint density at radius 2 is 2.00 bits per heavy atom. The van der Waals surface area contributed by atoms with Crippen molar-refractivity contribution >= 4 is 0 Å². The van der Waals surface area contributed by atoms with Crippen molar-refractivity contribution in [2.24, 2.45) is 5.92 Å². The SMILES string of the molecule is CO[C@H]1O[C@H](CO)[C@@H](O)[C@@H]2C[C@@H](O)[C@@H](O)CN[C@@H]12. The molecule has 0 spiro atoms. The summed E-state index contributed by atoms with van der Waals surface area (Å²) in [5, 5.41) is 41.8. The molecule has 0 unspecified atom stereocenters. The Hall–Kier alpha value is -0.280. The first-order chi connectivity index (χ1) is 8.58. The number of rotatable bonds is 2. The topological polar surface area (TPSA) is 111 Å². The van der Waals surface area contributed by atoms with Gasteiger partial charge < -0.3 is 35.2 Å². The van der Waals surface area contributed by atoms with Crippen LogP contribution < -0.4 is 5.32 Å². The summed E-state index contributed by atoms with van der Waals surface area (Å²) in [5.74, 6) is -0.340. The van der Waals surface area contributed by atoms with Crippen molar-refractivity contribution in [3.63, 3.8) is 0 Å². The lowest BCUT2D eigenvalue weighted by molar-refractivity contribution is -0.252. The number of methoxy groups -OCH3 is 1. The Morgan fingerprint density at radius 3 is 2.61 bits per heavy atom. The first-order valence-corrected chi connectivity index (χ1v) is 6.15. The van der Waals surface area contributed by atoms with E-state index >= 15 is 0 Å². The minimum atomic E-state index is -0.905. The molecule has 2 aliphatic heterocycles. The average molecular weight is 263 g/mol. The summed E-state index contributed by atoms with van der Waals surface area (Å²) < 4.78 is 10.6. The molecule has 2 rings (SSSR count). The van der Waals surface area contributed by atoms with Gasteiger partial charge in [-0.05, 0) is 6.42 Å². The minimum absolute atomic E-state index is 0.210. The van der Waals surface area contributed by atoms with Crippen LogP contribution in [0.1, 0.15) is 6.42 Å². The number of aliphatic hydroxyl groups excluding tert-OH is 4. The molecule has 2 saturated heterocycles. The predicted octanol–water partition coefficient (Wildman–Crippen LogP) is -2.59. The highest BCUT2D eigenvalue weighted by Crippen LogP contribution is 2.32.